The van der Waals surface area contributed by atoms with Gasteiger partial charge in [-0.15, -0.1) is 11.3 Å². The third kappa shape index (κ3) is 2.76. The zero-order valence-electron chi connectivity index (χ0n) is 11.1. The van der Waals surface area contributed by atoms with Crippen molar-refractivity contribution in [3.8, 4) is 0 Å². The van der Waals surface area contributed by atoms with Crippen LogP contribution in [0.5, 0.6) is 0 Å². The number of aryl methyl sites for hydroxylation is 1. The van der Waals surface area contributed by atoms with Gasteiger partial charge in [0.05, 0.1) is 5.39 Å². The zero-order chi connectivity index (χ0) is 13.9. The van der Waals surface area contributed by atoms with E-state index < -0.39 is 0 Å². The molecular weight excluding hydrogens is 290 g/mol. The zero-order valence-corrected chi connectivity index (χ0v) is 12.6. The van der Waals surface area contributed by atoms with E-state index >= 15 is 0 Å². The molecule has 0 fully saturated rings. The molecule has 0 radical (unpaired) electrons. The average molecular weight is 304 g/mol. The van der Waals surface area contributed by atoms with E-state index in [0.29, 0.717) is 0 Å². The van der Waals surface area contributed by atoms with Gasteiger partial charge in [-0.3, -0.25) is 0 Å². The second-order valence-electron chi connectivity index (χ2n) is 4.47. The van der Waals surface area contributed by atoms with E-state index in [2.05, 4.69) is 40.4 Å². The largest absolute Gasteiger partial charge is 0.365 e. The summed E-state index contributed by atoms with van der Waals surface area (Å²) < 4.78 is 0. The Kier molecular flexibility index (Phi) is 3.85. The van der Waals surface area contributed by atoms with E-state index in [1.54, 1.807) is 11.3 Å². The number of halogens is 1. The Bertz CT molecular complexity index is 725. The van der Waals surface area contributed by atoms with Crippen molar-refractivity contribution in [2.24, 2.45) is 0 Å². The van der Waals surface area contributed by atoms with E-state index in [9.17, 15) is 0 Å². The minimum absolute atomic E-state index is 0.289. The third-order valence-corrected chi connectivity index (χ3v) is 4.41. The van der Waals surface area contributed by atoms with Gasteiger partial charge in [0.1, 0.15) is 10.6 Å². The van der Waals surface area contributed by atoms with Crippen LogP contribution in [0.1, 0.15) is 17.4 Å². The van der Waals surface area contributed by atoms with Crippen LogP contribution in [0.2, 0.25) is 5.28 Å². The number of thiophene rings is 1. The molecular formula is C15H14ClN3S. The van der Waals surface area contributed by atoms with Crippen LogP contribution in [0, 0.1) is 0 Å². The predicted molar refractivity (Wildman–Crippen MR) is 85.6 cm³/mol. The van der Waals surface area contributed by atoms with Crippen molar-refractivity contribution in [1.82, 2.24) is 9.97 Å². The Balaban J connectivity index is 1.92. The van der Waals surface area contributed by atoms with Crippen LogP contribution in [0.15, 0.2) is 36.4 Å². The van der Waals surface area contributed by atoms with Gasteiger partial charge in [0, 0.05) is 11.4 Å². The van der Waals surface area contributed by atoms with Crippen molar-refractivity contribution < 1.29 is 0 Å². The highest BCUT2D eigenvalue weighted by atomic mass is 35.5. The minimum atomic E-state index is 0.289. The minimum Gasteiger partial charge on any atom is -0.365 e. The van der Waals surface area contributed by atoms with Crippen LogP contribution < -0.4 is 5.32 Å². The Hall–Kier alpha value is -1.65. The number of aromatic nitrogens is 2. The number of fused-ring (bicyclic) bond motifs is 1. The SMILES string of the molecule is CCc1cc2c(NCc3ccccc3)nc(Cl)nc2s1. The molecule has 0 aliphatic heterocycles. The van der Waals surface area contributed by atoms with Gasteiger partial charge in [0.25, 0.3) is 0 Å². The van der Waals surface area contributed by atoms with Crippen LogP contribution in [0.3, 0.4) is 0 Å². The highest BCUT2D eigenvalue weighted by Gasteiger charge is 2.10. The molecule has 1 aromatic carbocycles. The summed E-state index contributed by atoms with van der Waals surface area (Å²) in [4.78, 5) is 10.8. The molecule has 0 unspecified atom stereocenters. The van der Waals surface area contributed by atoms with Gasteiger partial charge in [-0.2, -0.15) is 0 Å². The highest BCUT2D eigenvalue weighted by molar-refractivity contribution is 7.18. The first-order chi connectivity index (χ1) is 9.76. The van der Waals surface area contributed by atoms with Crippen LogP contribution in [-0.4, -0.2) is 9.97 Å². The Morgan fingerprint density at radius 3 is 2.75 bits per heavy atom. The fourth-order valence-electron chi connectivity index (χ4n) is 2.04. The first kappa shape index (κ1) is 13.3. The van der Waals surface area contributed by atoms with Crippen LogP contribution >= 0.6 is 22.9 Å². The van der Waals surface area contributed by atoms with Crippen molar-refractivity contribution in [2.75, 3.05) is 5.32 Å². The summed E-state index contributed by atoms with van der Waals surface area (Å²) in [5, 5.41) is 4.69. The van der Waals surface area contributed by atoms with E-state index in [1.165, 1.54) is 10.4 Å². The molecule has 3 nitrogen and oxygen atoms in total. The maximum Gasteiger partial charge on any atom is 0.225 e. The summed E-state index contributed by atoms with van der Waals surface area (Å²) >= 11 is 7.67. The summed E-state index contributed by atoms with van der Waals surface area (Å²) in [5.74, 6) is 0.805. The van der Waals surface area contributed by atoms with Crippen LogP contribution in [0.4, 0.5) is 5.82 Å². The smallest absolute Gasteiger partial charge is 0.225 e. The van der Waals surface area contributed by atoms with E-state index in [1.807, 2.05) is 18.2 Å². The molecule has 102 valence electrons. The summed E-state index contributed by atoms with van der Waals surface area (Å²) in [5.41, 5.74) is 1.21. The number of hydrogen-bond acceptors (Lipinski definition) is 4. The van der Waals surface area contributed by atoms with Gasteiger partial charge in [0.15, 0.2) is 0 Å². The lowest BCUT2D eigenvalue weighted by Gasteiger charge is -2.07. The summed E-state index contributed by atoms with van der Waals surface area (Å²) in [7, 11) is 0. The first-order valence-electron chi connectivity index (χ1n) is 6.50. The summed E-state index contributed by atoms with van der Waals surface area (Å²) in [6.07, 6.45) is 0.997. The van der Waals surface area contributed by atoms with Crippen LogP contribution in [-0.2, 0) is 13.0 Å². The molecule has 0 spiro atoms. The number of nitrogens with one attached hydrogen (secondary N) is 1. The van der Waals surface area contributed by atoms with E-state index in [4.69, 9.17) is 11.6 Å². The molecule has 0 bridgehead atoms. The van der Waals surface area contributed by atoms with Crippen molar-refractivity contribution in [3.05, 3.63) is 52.1 Å². The average Bonchev–Trinajstić information content (AvgIpc) is 2.88. The van der Waals surface area contributed by atoms with Gasteiger partial charge in [0.2, 0.25) is 5.28 Å². The monoisotopic (exact) mass is 303 g/mol. The van der Waals surface area contributed by atoms with E-state index in [-0.39, 0.29) is 5.28 Å². The lowest BCUT2D eigenvalue weighted by Crippen LogP contribution is -2.02. The fraction of sp³-hybridized carbons (Fsp3) is 0.200. The number of nitrogens with zero attached hydrogens (tertiary/aromatic N) is 2. The molecule has 0 saturated heterocycles. The Morgan fingerprint density at radius 1 is 1.20 bits per heavy atom. The van der Waals surface area contributed by atoms with Gasteiger partial charge in [-0.25, -0.2) is 9.97 Å². The second-order valence-corrected chi connectivity index (χ2v) is 5.92. The van der Waals surface area contributed by atoms with Crippen molar-refractivity contribution in [3.63, 3.8) is 0 Å². The summed E-state index contributed by atoms with van der Waals surface area (Å²) in [6, 6.07) is 12.4. The fourth-order valence-corrected chi connectivity index (χ4v) is 3.22. The summed E-state index contributed by atoms with van der Waals surface area (Å²) in [6.45, 7) is 2.86. The lowest BCUT2D eigenvalue weighted by molar-refractivity contribution is 1.10. The molecule has 0 saturated carbocycles. The molecule has 3 rings (SSSR count). The number of anilines is 1. The molecule has 0 aliphatic rings. The molecule has 0 aliphatic carbocycles. The number of rotatable bonds is 4. The van der Waals surface area contributed by atoms with Gasteiger partial charge >= 0.3 is 0 Å². The molecule has 20 heavy (non-hydrogen) atoms. The molecule has 1 N–H and O–H groups in total. The maximum atomic E-state index is 6.00. The van der Waals surface area contributed by atoms with Crippen molar-refractivity contribution in [2.45, 2.75) is 19.9 Å². The first-order valence-corrected chi connectivity index (χ1v) is 7.69. The lowest BCUT2D eigenvalue weighted by atomic mass is 10.2. The van der Waals surface area contributed by atoms with E-state index in [0.717, 1.165) is 29.0 Å². The number of hydrogen-bond donors (Lipinski definition) is 1. The van der Waals surface area contributed by atoms with Crippen molar-refractivity contribution in [1.29, 1.82) is 0 Å². The molecule has 0 amide bonds. The predicted octanol–water partition coefficient (Wildman–Crippen LogP) is 4.52. The normalized spacial score (nSPS) is 10.9. The van der Waals surface area contributed by atoms with Gasteiger partial charge in [-0.05, 0) is 29.7 Å². The Morgan fingerprint density at radius 2 is 2.00 bits per heavy atom. The van der Waals surface area contributed by atoms with Crippen LogP contribution in [0.25, 0.3) is 10.2 Å². The molecule has 3 aromatic rings. The third-order valence-electron chi connectivity index (χ3n) is 3.07. The standard InChI is InChI=1S/C15H14ClN3S/c1-2-11-8-12-13(18-15(16)19-14(12)20-11)17-9-10-6-4-3-5-7-10/h3-8H,2,9H2,1H3,(H,17,18,19). The van der Waals surface area contributed by atoms with Crippen molar-refractivity contribution >= 4 is 39.0 Å². The quantitative estimate of drug-likeness (QED) is 0.720. The van der Waals surface area contributed by atoms with Gasteiger partial charge < -0.3 is 5.32 Å². The maximum absolute atomic E-state index is 6.00. The highest BCUT2D eigenvalue weighted by Crippen LogP contribution is 2.30. The number of benzene rings is 1. The molecule has 0 atom stereocenters. The Labute approximate surface area is 126 Å². The molecule has 5 heteroatoms. The van der Waals surface area contributed by atoms with Gasteiger partial charge in [-0.1, -0.05) is 37.3 Å². The second kappa shape index (κ2) is 5.77. The molecule has 2 aromatic heterocycles. The molecule has 2 heterocycles. The topological polar surface area (TPSA) is 37.8 Å².